The Balaban J connectivity index is 1.50. The summed E-state index contributed by atoms with van der Waals surface area (Å²) in [6, 6.07) is 2.98. The van der Waals surface area contributed by atoms with Crippen molar-refractivity contribution in [3.63, 3.8) is 0 Å². The smallest absolute Gasteiger partial charge is 0.294 e. The van der Waals surface area contributed by atoms with Crippen LogP contribution in [0.3, 0.4) is 0 Å². The van der Waals surface area contributed by atoms with E-state index in [1.54, 1.807) is 19.3 Å². The van der Waals surface area contributed by atoms with E-state index in [2.05, 4.69) is 15.0 Å². The van der Waals surface area contributed by atoms with Crippen molar-refractivity contribution in [2.45, 2.75) is 42.8 Å². The minimum absolute atomic E-state index is 0.0149. The lowest BCUT2D eigenvalue weighted by Gasteiger charge is -2.31. The number of carbonyl (C=O) groups excluding carboxylic acids is 1. The quantitative estimate of drug-likeness (QED) is 0.525. The number of ether oxygens (including phenoxy) is 1. The number of imidazole rings is 1. The van der Waals surface area contributed by atoms with Crippen LogP contribution in [-0.4, -0.2) is 46.0 Å². The predicted octanol–water partition coefficient (Wildman–Crippen LogP) is 3.43. The number of nitrogens with one attached hydrogen (secondary N) is 1. The summed E-state index contributed by atoms with van der Waals surface area (Å²) in [7, 11) is 1.37. The van der Waals surface area contributed by atoms with Crippen molar-refractivity contribution in [3.05, 3.63) is 29.3 Å². The van der Waals surface area contributed by atoms with Gasteiger partial charge in [-0.3, -0.25) is 4.79 Å². The van der Waals surface area contributed by atoms with Gasteiger partial charge in [0.25, 0.3) is 5.65 Å². The molecule has 0 aliphatic carbocycles. The van der Waals surface area contributed by atoms with Gasteiger partial charge in [-0.2, -0.15) is 0 Å². The molecule has 3 N–H and O–H groups in total. The maximum atomic E-state index is 14.2. The number of piperidine rings is 1. The first-order chi connectivity index (χ1) is 15.4. The molecule has 3 aromatic rings. The SMILES string of the molecule is COc1c(F)cc(Sc2nc3c([nH]2)c(N)nc[n+]3CCC2CCN(C(C)=O)CC2)cc1Cl. The second-order valence-electron chi connectivity index (χ2n) is 7.82. The van der Waals surface area contributed by atoms with Crippen LogP contribution in [0, 0.1) is 11.7 Å². The highest BCUT2D eigenvalue weighted by Crippen LogP contribution is 2.35. The van der Waals surface area contributed by atoms with Gasteiger partial charge in [-0.25, -0.2) is 8.96 Å². The van der Waals surface area contributed by atoms with E-state index in [0.717, 1.165) is 38.9 Å². The van der Waals surface area contributed by atoms with E-state index in [9.17, 15) is 9.18 Å². The van der Waals surface area contributed by atoms with Crippen LogP contribution >= 0.6 is 23.4 Å². The van der Waals surface area contributed by atoms with Crippen LogP contribution in [0.25, 0.3) is 11.2 Å². The van der Waals surface area contributed by atoms with Crippen LogP contribution in [0.15, 0.2) is 28.5 Å². The van der Waals surface area contributed by atoms with Gasteiger partial charge in [-0.15, -0.1) is 0 Å². The second kappa shape index (κ2) is 9.50. The van der Waals surface area contributed by atoms with Crippen LogP contribution in [0.1, 0.15) is 26.2 Å². The van der Waals surface area contributed by atoms with Crippen molar-refractivity contribution in [2.24, 2.45) is 5.92 Å². The lowest BCUT2D eigenvalue weighted by Crippen LogP contribution is -2.40. The Hall–Kier alpha value is -2.59. The Bertz CT molecular complexity index is 1130. The molecule has 0 radical (unpaired) electrons. The molecule has 1 aliphatic heterocycles. The Morgan fingerprint density at radius 3 is 2.84 bits per heavy atom. The third-order valence-corrected chi connectivity index (χ3v) is 6.89. The van der Waals surface area contributed by atoms with Gasteiger partial charge >= 0.3 is 0 Å². The standard InChI is InChI=1S/C21H24ClFN6O2S/c1-12(30)28-6-3-13(4-7-28)5-8-29-11-25-19(24)17-20(29)27-21(26-17)32-14-9-15(22)18(31-2)16(23)10-14/h9-11,13H,3-8H2,1-2H3,(H2,24,26,27)/p+1. The molecule has 1 fully saturated rings. The van der Waals surface area contributed by atoms with E-state index in [1.807, 2.05) is 9.47 Å². The van der Waals surface area contributed by atoms with E-state index in [0.29, 0.717) is 33.0 Å². The maximum Gasteiger partial charge on any atom is 0.294 e. The lowest BCUT2D eigenvalue weighted by molar-refractivity contribution is -0.677. The van der Waals surface area contributed by atoms with Crippen LogP contribution in [-0.2, 0) is 11.3 Å². The third kappa shape index (κ3) is 4.75. The Morgan fingerprint density at radius 1 is 1.44 bits per heavy atom. The van der Waals surface area contributed by atoms with Gasteiger partial charge in [-0.1, -0.05) is 21.6 Å². The number of rotatable bonds is 6. The Labute approximate surface area is 194 Å². The number of benzene rings is 1. The highest BCUT2D eigenvalue weighted by atomic mass is 35.5. The van der Waals surface area contributed by atoms with E-state index < -0.39 is 5.82 Å². The van der Waals surface area contributed by atoms with Crippen molar-refractivity contribution < 1.29 is 18.5 Å². The average Bonchev–Trinajstić information content (AvgIpc) is 3.18. The van der Waals surface area contributed by atoms with Gasteiger partial charge in [-0.05, 0) is 49.1 Å². The fourth-order valence-corrected chi connectivity index (χ4v) is 5.15. The molecule has 0 bridgehead atoms. The molecule has 0 spiro atoms. The molecule has 8 nitrogen and oxygen atoms in total. The highest BCUT2D eigenvalue weighted by Gasteiger charge is 2.23. The molecule has 1 amide bonds. The number of hydrogen-bond acceptors (Lipinski definition) is 6. The van der Waals surface area contributed by atoms with Crippen molar-refractivity contribution in [2.75, 3.05) is 25.9 Å². The number of H-pyrrole nitrogens is 1. The Morgan fingerprint density at radius 2 is 2.19 bits per heavy atom. The zero-order chi connectivity index (χ0) is 22.8. The number of nitrogens with zero attached hydrogens (tertiary/aromatic N) is 4. The zero-order valence-electron chi connectivity index (χ0n) is 17.9. The third-order valence-electron chi connectivity index (χ3n) is 5.76. The van der Waals surface area contributed by atoms with Gasteiger partial charge in [0.05, 0.1) is 18.7 Å². The number of nitrogens with two attached hydrogens (primary N) is 1. The van der Waals surface area contributed by atoms with Crippen LogP contribution in [0.4, 0.5) is 10.2 Å². The largest absolute Gasteiger partial charge is 0.492 e. The number of fused-ring (bicyclic) bond motifs is 1. The summed E-state index contributed by atoms with van der Waals surface area (Å²) in [5, 5.41) is 0.752. The number of aryl methyl sites for hydroxylation is 1. The molecule has 4 rings (SSSR count). The van der Waals surface area contributed by atoms with Crippen molar-refractivity contribution >= 4 is 46.3 Å². The summed E-state index contributed by atoms with van der Waals surface area (Å²) < 4.78 is 21.1. The molecule has 11 heteroatoms. The molecule has 3 heterocycles. The van der Waals surface area contributed by atoms with E-state index >= 15 is 0 Å². The molecule has 0 saturated carbocycles. The van der Waals surface area contributed by atoms with E-state index in [-0.39, 0.29) is 16.7 Å². The summed E-state index contributed by atoms with van der Waals surface area (Å²) >= 11 is 7.35. The minimum atomic E-state index is -0.536. The van der Waals surface area contributed by atoms with Crippen molar-refractivity contribution in [3.8, 4) is 5.75 Å². The van der Waals surface area contributed by atoms with E-state index in [1.165, 1.54) is 24.9 Å². The van der Waals surface area contributed by atoms with Crippen molar-refractivity contribution in [1.82, 2.24) is 19.9 Å². The fourth-order valence-electron chi connectivity index (χ4n) is 3.95. The van der Waals surface area contributed by atoms with Crippen LogP contribution in [0.2, 0.25) is 5.02 Å². The summed E-state index contributed by atoms with van der Waals surface area (Å²) in [5.41, 5.74) is 7.40. The molecule has 1 aromatic carbocycles. The zero-order valence-corrected chi connectivity index (χ0v) is 19.5. The molecule has 1 saturated heterocycles. The number of aromatic amines is 1. The first kappa shape index (κ1) is 22.6. The summed E-state index contributed by atoms with van der Waals surface area (Å²) in [6.07, 6.45) is 4.65. The number of nitrogen functional groups attached to an aromatic ring is 1. The fraction of sp³-hybridized carbons (Fsp3) is 0.429. The molecule has 0 unspecified atom stereocenters. The number of hydrogen-bond donors (Lipinski definition) is 2. The number of aromatic nitrogens is 4. The van der Waals surface area contributed by atoms with Gasteiger partial charge in [0.15, 0.2) is 17.1 Å². The van der Waals surface area contributed by atoms with Crippen molar-refractivity contribution in [1.29, 1.82) is 0 Å². The number of halogens is 2. The molecule has 1 aliphatic rings. The summed E-state index contributed by atoms with van der Waals surface area (Å²) in [6.45, 7) is 3.98. The average molecular weight is 480 g/mol. The number of carbonyl (C=O) groups is 1. The van der Waals surface area contributed by atoms with Gasteiger partial charge in [0.1, 0.15) is 0 Å². The molecule has 0 atom stereocenters. The number of methoxy groups -OCH3 is 1. The minimum Gasteiger partial charge on any atom is -0.492 e. The highest BCUT2D eigenvalue weighted by molar-refractivity contribution is 7.99. The number of amides is 1. The molecular weight excluding hydrogens is 455 g/mol. The molecule has 170 valence electrons. The van der Waals surface area contributed by atoms with Gasteiger partial charge in [0.2, 0.25) is 23.2 Å². The molecule has 32 heavy (non-hydrogen) atoms. The van der Waals surface area contributed by atoms with Gasteiger partial charge < -0.3 is 20.4 Å². The first-order valence-corrected chi connectivity index (χ1v) is 11.5. The monoisotopic (exact) mass is 479 g/mol. The molecule has 2 aromatic heterocycles. The van der Waals surface area contributed by atoms with Crippen LogP contribution < -0.4 is 15.0 Å². The Kier molecular flexibility index (Phi) is 6.71. The topological polar surface area (TPSA) is 101 Å². The number of likely N-dealkylation sites (tertiary alicyclic amines) is 1. The first-order valence-electron chi connectivity index (χ1n) is 10.4. The van der Waals surface area contributed by atoms with Crippen LogP contribution in [0.5, 0.6) is 5.75 Å². The van der Waals surface area contributed by atoms with Gasteiger partial charge in [0, 0.05) is 24.9 Å². The molecular formula is C21H25ClFN6O2S+. The summed E-state index contributed by atoms with van der Waals surface area (Å²) in [5.74, 6) is 0.515. The summed E-state index contributed by atoms with van der Waals surface area (Å²) in [4.78, 5) is 26.1. The van der Waals surface area contributed by atoms with E-state index in [4.69, 9.17) is 22.1 Å². The second-order valence-corrected chi connectivity index (χ2v) is 9.29. The normalized spacial score (nSPS) is 14.8. The lowest BCUT2D eigenvalue weighted by atomic mass is 9.93. The number of anilines is 1. The predicted molar refractivity (Wildman–Crippen MR) is 120 cm³/mol. The maximum absolute atomic E-state index is 14.2.